The third-order valence-corrected chi connectivity index (χ3v) is 2.26. The Morgan fingerprint density at radius 1 is 1.28 bits per heavy atom. The highest BCUT2D eigenvalue weighted by atomic mass is 16.4. The predicted octanol–water partition coefficient (Wildman–Crippen LogP) is 2.01. The van der Waals surface area contributed by atoms with Gasteiger partial charge < -0.3 is 15.7 Å². The van der Waals surface area contributed by atoms with Gasteiger partial charge in [-0.1, -0.05) is 25.1 Å². The number of amides is 2. The van der Waals surface area contributed by atoms with Crippen molar-refractivity contribution in [1.29, 1.82) is 0 Å². The molecule has 0 atom stereocenters. The van der Waals surface area contributed by atoms with Gasteiger partial charge in [-0.2, -0.15) is 0 Å². The Kier molecular flexibility index (Phi) is 5.44. The average molecular weight is 248 g/mol. The second-order valence-electron chi connectivity index (χ2n) is 3.63. The minimum Gasteiger partial charge on any atom is -0.478 e. The molecule has 0 saturated heterocycles. The summed E-state index contributed by atoms with van der Waals surface area (Å²) >= 11 is 0. The number of carbonyl (C=O) groups is 2. The van der Waals surface area contributed by atoms with Crippen LogP contribution in [0.25, 0.3) is 0 Å². The average Bonchev–Trinajstić information content (AvgIpc) is 2.35. The molecule has 0 aliphatic carbocycles. The molecule has 5 heteroatoms. The van der Waals surface area contributed by atoms with Crippen molar-refractivity contribution in [3.8, 4) is 0 Å². The fourth-order valence-corrected chi connectivity index (χ4v) is 1.31. The maximum atomic E-state index is 11.4. The number of hydrogen-bond acceptors (Lipinski definition) is 2. The van der Waals surface area contributed by atoms with Gasteiger partial charge in [-0.05, 0) is 24.1 Å². The molecule has 0 aliphatic rings. The fourth-order valence-electron chi connectivity index (χ4n) is 1.31. The van der Waals surface area contributed by atoms with Crippen molar-refractivity contribution in [2.45, 2.75) is 13.3 Å². The largest absolute Gasteiger partial charge is 0.478 e. The van der Waals surface area contributed by atoms with Crippen molar-refractivity contribution in [2.75, 3.05) is 11.9 Å². The van der Waals surface area contributed by atoms with Crippen LogP contribution in [-0.2, 0) is 11.2 Å². The number of aliphatic carboxylic acids is 1. The summed E-state index contributed by atoms with van der Waals surface area (Å²) in [6, 6.07) is 7.17. The molecule has 2 amide bonds. The summed E-state index contributed by atoms with van der Waals surface area (Å²) in [6.45, 7) is 2.23. The van der Waals surface area contributed by atoms with Crippen molar-refractivity contribution in [1.82, 2.24) is 5.32 Å². The second-order valence-corrected chi connectivity index (χ2v) is 3.63. The number of carboxylic acids is 1. The zero-order chi connectivity index (χ0) is 13.4. The maximum absolute atomic E-state index is 11.4. The number of nitrogens with one attached hydrogen (secondary N) is 2. The number of urea groups is 1. The Balaban J connectivity index is 2.37. The van der Waals surface area contributed by atoms with Crippen LogP contribution in [0, 0.1) is 0 Å². The molecule has 0 unspecified atom stereocenters. The highest BCUT2D eigenvalue weighted by molar-refractivity contribution is 5.89. The molecule has 18 heavy (non-hydrogen) atoms. The van der Waals surface area contributed by atoms with E-state index in [1.807, 2.05) is 24.3 Å². The van der Waals surface area contributed by atoms with Crippen LogP contribution in [0.3, 0.4) is 0 Å². The number of anilines is 1. The molecule has 0 bridgehead atoms. The lowest BCUT2D eigenvalue weighted by molar-refractivity contribution is -0.131. The number of benzene rings is 1. The van der Waals surface area contributed by atoms with Crippen LogP contribution in [0.2, 0.25) is 0 Å². The molecule has 0 radical (unpaired) electrons. The summed E-state index contributed by atoms with van der Waals surface area (Å²) < 4.78 is 0. The Morgan fingerprint density at radius 3 is 2.50 bits per heavy atom. The van der Waals surface area contributed by atoms with Gasteiger partial charge in [0.15, 0.2) is 0 Å². The number of carbonyl (C=O) groups excluding carboxylic acids is 1. The van der Waals surface area contributed by atoms with E-state index in [4.69, 9.17) is 5.11 Å². The fraction of sp³-hybridized carbons (Fsp3) is 0.231. The summed E-state index contributed by atoms with van der Waals surface area (Å²) in [5.41, 5.74) is 1.90. The van der Waals surface area contributed by atoms with Gasteiger partial charge in [-0.15, -0.1) is 0 Å². The van der Waals surface area contributed by atoms with E-state index in [-0.39, 0.29) is 12.6 Å². The molecule has 0 fully saturated rings. The first-order valence-corrected chi connectivity index (χ1v) is 5.65. The third kappa shape index (κ3) is 5.16. The zero-order valence-corrected chi connectivity index (χ0v) is 10.1. The van der Waals surface area contributed by atoms with E-state index in [9.17, 15) is 9.59 Å². The van der Waals surface area contributed by atoms with Crippen LogP contribution in [0.1, 0.15) is 12.5 Å². The Bertz CT molecular complexity index is 438. The molecule has 5 nitrogen and oxygen atoms in total. The molecule has 3 N–H and O–H groups in total. The maximum Gasteiger partial charge on any atom is 0.328 e. The van der Waals surface area contributed by atoms with Crippen molar-refractivity contribution >= 4 is 17.7 Å². The van der Waals surface area contributed by atoms with Crippen LogP contribution < -0.4 is 10.6 Å². The monoisotopic (exact) mass is 248 g/mol. The lowest BCUT2D eigenvalue weighted by Crippen LogP contribution is -2.28. The van der Waals surface area contributed by atoms with E-state index in [0.717, 1.165) is 12.5 Å². The topological polar surface area (TPSA) is 78.4 Å². The predicted molar refractivity (Wildman–Crippen MR) is 69.6 cm³/mol. The van der Waals surface area contributed by atoms with Crippen LogP contribution >= 0.6 is 0 Å². The molecule has 96 valence electrons. The van der Waals surface area contributed by atoms with Gasteiger partial charge in [0.2, 0.25) is 0 Å². The quantitative estimate of drug-likeness (QED) is 0.697. The minimum atomic E-state index is -1.03. The number of hydrogen-bond donors (Lipinski definition) is 3. The van der Waals surface area contributed by atoms with E-state index in [1.165, 1.54) is 11.6 Å². The van der Waals surface area contributed by atoms with Gasteiger partial charge in [-0.3, -0.25) is 0 Å². The minimum absolute atomic E-state index is 0.172. The lowest BCUT2D eigenvalue weighted by atomic mass is 10.1. The van der Waals surface area contributed by atoms with Crippen LogP contribution in [-0.4, -0.2) is 23.7 Å². The smallest absolute Gasteiger partial charge is 0.328 e. The van der Waals surface area contributed by atoms with Crippen LogP contribution in [0.4, 0.5) is 10.5 Å². The van der Waals surface area contributed by atoms with E-state index in [2.05, 4.69) is 17.6 Å². The van der Waals surface area contributed by atoms with E-state index in [1.54, 1.807) is 0 Å². The first kappa shape index (κ1) is 13.8. The van der Waals surface area contributed by atoms with E-state index in [0.29, 0.717) is 5.69 Å². The molecule has 1 rings (SSSR count). The van der Waals surface area contributed by atoms with Crippen molar-refractivity contribution in [3.63, 3.8) is 0 Å². The summed E-state index contributed by atoms with van der Waals surface area (Å²) in [6.07, 6.45) is 3.30. The van der Waals surface area contributed by atoms with Crippen LogP contribution in [0.5, 0.6) is 0 Å². The summed E-state index contributed by atoms with van der Waals surface area (Å²) in [7, 11) is 0. The standard InChI is InChI=1S/C13H16N2O3/c1-2-10-5-7-11(8-6-10)15-13(18)14-9-3-4-12(16)17/h3-8H,2,9H2,1H3,(H,16,17)(H2,14,15,18)/b4-3+. The normalized spacial score (nSPS) is 10.3. The van der Waals surface area contributed by atoms with Gasteiger partial charge >= 0.3 is 12.0 Å². The first-order valence-electron chi connectivity index (χ1n) is 5.65. The zero-order valence-electron chi connectivity index (χ0n) is 10.1. The SMILES string of the molecule is CCc1ccc(NC(=O)NC/C=C/C(=O)O)cc1. The first-order chi connectivity index (χ1) is 8.61. The van der Waals surface area contributed by atoms with Gasteiger partial charge in [0.1, 0.15) is 0 Å². The number of carboxylic acid groups (broad SMARTS) is 1. The van der Waals surface area contributed by atoms with E-state index >= 15 is 0 Å². The Morgan fingerprint density at radius 2 is 1.94 bits per heavy atom. The molecule has 0 saturated carbocycles. The molecule has 1 aromatic carbocycles. The molecule has 0 aliphatic heterocycles. The molecule has 0 spiro atoms. The second kappa shape index (κ2) is 7.11. The van der Waals surface area contributed by atoms with E-state index < -0.39 is 5.97 Å². The Hall–Kier alpha value is -2.30. The third-order valence-electron chi connectivity index (χ3n) is 2.26. The molecular weight excluding hydrogens is 232 g/mol. The van der Waals surface area contributed by atoms with Crippen molar-refractivity contribution in [2.24, 2.45) is 0 Å². The lowest BCUT2D eigenvalue weighted by Gasteiger charge is -2.06. The van der Waals surface area contributed by atoms with Gasteiger partial charge in [0.05, 0.1) is 0 Å². The van der Waals surface area contributed by atoms with Gasteiger partial charge in [0.25, 0.3) is 0 Å². The van der Waals surface area contributed by atoms with Crippen molar-refractivity contribution in [3.05, 3.63) is 42.0 Å². The van der Waals surface area contributed by atoms with Crippen molar-refractivity contribution < 1.29 is 14.7 Å². The summed E-state index contributed by atoms with van der Waals surface area (Å²) in [4.78, 5) is 21.6. The van der Waals surface area contributed by atoms with Gasteiger partial charge in [-0.25, -0.2) is 9.59 Å². The Labute approximate surface area is 106 Å². The molecular formula is C13H16N2O3. The number of aryl methyl sites for hydroxylation is 1. The highest BCUT2D eigenvalue weighted by Gasteiger charge is 1.99. The van der Waals surface area contributed by atoms with Gasteiger partial charge in [0, 0.05) is 18.3 Å². The highest BCUT2D eigenvalue weighted by Crippen LogP contribution is 2.09. The number of rotatable bonds is 5. The molecule has 0 aromatic heterocycles. The summed E-state index contributed by atoms with van der Waals surface area (Å²) in [5.74, 6) is -1.03. The summed E-state index contributed by atoms with van der Waals surface area (Å²) in [5, 5.41) is 13.5. The van der Waals surface area contributed by atoms with Crippen LogP contribution in [0.15, 0.2) is 36.4 Å². The molecule has 1 aromatic rings. The molecule has 0 heterocycles.